The number of fused-ring (bicyclic) bond motifs is 1. The molecule has 0 saturated heterocycles. The molecule has 0 aliphatic heterocycles. The Labute approximate surface area is 88.6 Å². The summed E-state index contributed by atoms with van der Waals surface area (Å²) in [6, 6.07) is 6.06. The van der Waals surface area contributed by atoms with E-state index in [9.17, 15) is 0 Å². The van der Waals surface area contributed by atoms with Crippen LogP contribution in [-0.4, -0.2) is 16.5 Å². The highest BCUT2D eigenvalue weighted by Crippen LogP contribution is 2.19. The molecule has 0 unspecified atom stereocenters. The molecular formula is C12H11N3. The van der Waals surface area contributed by atoms with Crippen molar-refractivity contribution < 1.29 is 0 Å². The lowest BCUT2D eigenvalue weighted by Gasteiger charge is -2.05. The summed E-state index contributed by atoms with van der Waals surface area (Å²) >= 11 is 0. The Morgan fingerprint density at radius 1 is 1.40 bits per heavy atom. The number of benzene rings is 1. The maximum atomic E-state index is 5.19. The number of nitrogens with zero attached hydrogens (tertiary/aromatic N) is 2. The molecule has 0 spiro atoms. The van der Waals surface area contributed by atoms with Crippen molar-refractivity contribution in [1.29, 1.82) is 0 Å². The fourth-order valence-electron chi connectivity index (χ4n) is 1.45. The summed E-state index contributed by atoms with van der Waals surface area (Å²) in [4.78, 5) is 8.36. The van der Waals surface area contributed by atoms with Gasteiger partial charge in [-0.25, -0.2) is 9.97 Å². The molecule has 1 aromatic carbocycles. The van der Waals surface area contributed by atoms with Crippen molar-refractivity contribution in [3.8, 4) is 12.3 Å². The molecule has 2 aromatic rings. The van der Waals surface area contributed by atoms with Crippen molar-refractivity contribution in [2.24, 2.45) is 0 Å². The maximum absolute atomic E-state index is 5.19. The monoisotopic (exact) mass is 197 g/mol. The zero-order chi connectivity index (χ0) is 10.7. The van der Waals surface area contributed by atoms with E-state index in [0.29, 0.717) is 6.54 Å². The van der Waals surface area contributed by atoms with E-state index in [2.05, 4.69) is 21.2 Å². The van der Waals surface area contributed by atoms with Crippen LogP contribution < -0.4 is 5.32 Å². The van der Waals surface area contributed by atoms with Gasteiger partial charge in [-0.05, 0) is 19.1 Å². The highest BCUT2D eigenvalue weighted by molar-refractivity contribution is 5.89. The van der Waals surface area contributed by atoms with Crippen LogP contribution in [0.2, 0.25) is 0 Å². The molecule has 2 rings (SSSR count). The molecule has 0 aliphatic rings. The van der Waals surface area contributed by atoms with Gasteiger partial charge in [-0.2, -0.15) is 0 Å². The molecule has 74 valence electrons. The Kier molecular flexibility index (Phi) is 2.51. The second-order valence-electron chi connectivity index (χ2n) is 3.30. The first-order valence-corrected chi connectivity index (χ1v) is 4.70. The van der Waals surface area contributed by atoms with Crippen LogP contribution in [0.5, 0.6) is 0 Å². The van der Waals surface area contributed by atoms with Crippen molar-refractivity contribution in [1.82, 2.24) is 9.97 Å². The molecule has 0 amide bonds. The van der Waals surface area contributed by atoms with Crippen LogP contribution in [0, 0.1) is 19.3 Å². The van der Waals surface area contributed by atoms with Crippen LogP contribution in [0.4, 0.5) is 5.82 Å². The second kappa shape index (κ2) is 3.97. The molecule has 0 aliphatic carbocycles. The third-order valence-corrected chi connectivity index (χ3v) is 2.15. The molecule has 0 saturated carbocycles. The van der Waals surface area contributed by atoms with Gasteiger partial charge < -0.3 is 5.32 Å². The van der Waals surface area contributed by atoms with Gasteiger partial charge in [-0.15, -0.1) is 6.42 Å². The third-order valence-electron chi connectivity index (χ3n) is 2.15. The highest BCUT2D eigenvalue weighted by atomic mass is 15.0. The third kappa shape index (κ3) is 1.89. The lowest BCUT2D eigenvalue weighted by atomic mass is 10.1. The summed E-state index contributed by atoms with van der Waals surface area (Å²) in [7, 11) is 0. The van der Waals surface area contributed by atoms with E-state index in [-0.39, 0.29) is 0 Å². The van der Waals surface area contributed by atoms with Gasteiger partial charge in [0.1, 0.15) is 12.1 Å². The first-order chi connectivity index (χ1) is 7.31. The van der Waals surface area contributed by atoms with Crippen LogP contribution in [0.3, 0.4) is 0 Å². The number of hydrogen-bond acceptors (Lipinski definition) is 3. The molecule has 1 heterocycles. The number of aryl methyl sites for hydroxylation is 1. The summed E-state index contributed by atoms with van der Waals surface area (Å²) < 4.78 is 0. The number of aromatic nitrogens is 2. The fraction of sp³-hybridized carbons (Fsp3) is 0.167. The van der Waals surface area contributed by atoms with Gasteiger partial charge in [0.25, 0.3) is 0 Å². The van der Waals surface area contributed by atoms with Crippen molar-refractivity contribution in [3.63, 3.8) is 0 Å². The largest absolute Gasteiger partial charge is 0.359 e. The topological polar surface area (TPSA) is 37.8 Å². The number of nitrogens with one attached hydrogen (secondary N) is 1. The van der Waals surface area contributed by atoms with Crippen molar-refractivity contribution >= 4 is 16.7 Å². The molecule has 0 bridgehead atoms. The van der Waals surface area contributed by atoms with E-state index in [1.807, 2.05) is 25.1 Å². The number of rotatable bonds is 2. The fourth-order valence-corrected chi connectivity index (χ4v) is 1.45. The van der Waals surface area contributed by atoms with Gasteiger partial charge in [-0.3, -0.25) is 0 Å². The summed E-state index contributed by atoms with van der Waals surface area (Å²) in [5.74, 6) is 3.32. The number of hydrogen-bond donors (Lipinski definition) is 1. The minimum Gasteiger partial charge on any atom is -0.359 e. The predicted molar refractivity (Wildman–Crippen MR) is 61.6 cm³/mol. The van der Waals surface area contributed by atoms with Crippen molar-refractivity contribution in [2.75, 3.05) is 11.9 Å². The second-order valence-corrected chi connectivity index (χ2v) is 3.30. The quantitative estimate of drug-likeness (QED) is 0.748. The molecular weight excluding hydrogens is 186 g/mol. The standard InChI is InChI=1S/C12H11N3/c1-3-6-13-12-10-7-9(2)4-5-11(10)14-8-15-12/h1,4-5,7-8H,6H2,2H3,(H,13,14,15). The molecule has 3 nitrogen and oxygen atoms in total. The maximum Gasteiger partial charge on any atom is 0.138 e. The Balaban J connectivity index is 2.54. The molecule has 0 radical (unpaired) electrons. The minimum atomic E-state index is 0.472. The van der Waals surface area contributed by atoms with E-state index in [1.165, 1.54) is 11.9 Å². The summed E-state index contributed by atoms with van der Waals surface area (Å²) in [5.41, 5.74) is 2.11. The molecule has 1 N–H and O–H groups in total. The van der Waals surface area contributed by atoms with E-state index in [1.54, 1.807) is 0 Å². The Bertz CT molecular complexity index is 526. The SMILES string of the molecule is C#CCNc1ncnc2ccc(C)cc12. The average molecular weight is 197 g/mol. The lowest BCUT2D eigenvalue weighted by molar-refractivity contribution is 1.19. The molecule has 0 atom stereocenters. The smallest absolute Gasteiger partial charge is 0.138 e. The average Bonchev–Trinajstić information content (AvgIpc) is 2.26. The van der Waals surface area contributed by atoms with Gasteiger partial charge in [0, 0.05) is 5.39 Å². The van der Waals surface area contributed by atoms with Crippen LogP contribution in [0.25, 0.3) is 10.9 Å². The first kappa shape index (κ1) is 9.47. The highest BCUT2D eigenvalue weighted by Gasteiger charge is 2.01. The normalized spacial score (nSPS) is 9.87. The zero-order valence-corrected chi connectivity index (χ0v) is 8.49. The van der Waals surface area contributed by atoms with E-state index < -0.39 is 0 Å². The van der Waals surface area contributed by atoms with Crippen molar-refractivity contribution in [3.05, 3.63) is 30.1 Å². The van der Waals surface area contributed by atoms with Crippen LogP contribution in [-0.2, 0) is 0 Å². The first-order valence-electron chi connectivity index (χ1n) is 4.70. The molecule has 15 heavy (non-hydrogen) atoms. The Morgan fingerprint density at radius 2 is 2.27 bits per heavy atom. The molecule has 3 heteroatoms. The Morgan fingerprint density at radius 3 is 3.07 bits per heavy atom. The van der Waals surface area contributed by atoms with E-state index in [4.69, 9.17) is 6.42 Å². The van der Waals surface area contributed by atoms with E-state index in [0.717, 1.165) is 16.7 Å². The summed E-state index contributed by atoms with van der Waals surface area (Å²) in [5, 5.41) is 4.08. The lowest BCUT2D eigenvalue weighted by Crippen LogP contribution is -2.02. The number of terminal acetylenes is 1. The summed E-state index contributed by atoms with van der Waals surface area (Å²) in [6.07, 6.45) is 6.73. The van der Waals surface area contributed by atoms with Gasteiger partial charge in [0.2, 0.25) is 0 Å². The van der Waals surface area contributed by atoms with Crippen LogP contribution in [0.15, 0.2) is 24.5 Å². The van der Waals surface area contributed by atoms with Gasteiger partial charge in [0.15, 0.2) is 0 Å². The van der Waals surface area contributed by atoms with Gasteiger partial charge in [0.05, 0.1) is 12.1 Å². The number of anilines is 1. The summed E-state index contributed by atoms with van der Waals surface area (Å²) in [6.45, 7) is 2.51. The zero-order valence-electron chi connectivity index (χ0n) is 8.49. The van der Waals surface area contributed by atoms with Gasteiger partial charge in [-0.1, -0.05) is 17.6 Å². The predicted octanol–water partition coefficient (Wildman–Crippen LogP) is 1.98. The molecule has 0 fully saturated rings. The minimum absolute atomic E-state index is 0.472. The van der Waals surface area contributed by atoms with Crippen LogP contribution in [0.1, 0.15) is 5.56 Å². The molecule has 1 aromatic heterocycles. The van der Waals surface area contributed by atoms with Crippen LogP contribution >= 0.6 is 0 Å². The van der Waals surface area contributed by atoms with Gasteiger partial charge >= 0.3 is 0 Å². The van der Waals surface area contributed by atoms with Crippen molar-refractivity contribution in [2.45, 2.75) is 6.92 Å². The Hall–Kier alpha value is -2.08. The van der Waals surface area contributed by atoms with E-state index >= 15 is 0 Å².